The minimum atomic E-state index is 0. The van der Waals surface area contributed by atoms with Crippen LogP contribution in [0.3, 0.4) is 0 Å². The van der Waals surface area contributed by atoms with Crippen molar-refractivity contribution < 1.29 is 55.8 Å². The van der Waals surface area contributed by atoms with E-state index in [0.29, 0.717) is 5.92 Å². The van der Waals surface area contributed by atoms with E-state index < -0.39 is 0 Å². The first-order valence-corrected chi connectivity index (χ1v) is 6.22. The first-order valence-electron chi connectivity index (χ1n) is 6.22. The minimum Gasteiger partial charge on any atom is -1.00 e. The van der Waals surface area contributed by atoms with Gasteiger partial charge in [-0.25, -0.2) is 18.1 Å². The summed E-state index contributed by atoms with van der Waals surface area (Å²) in [5, 5.41) is 0. The van der Waals surface area contributed by atoms with Gasteiger partial charge >= 0.3 is 26.2 Å². The number of benzene rings is 1. The summed E-state index contributed by atoms with van der Waals surface area (Å²) in [5.41, 5.74) is 2.93. The van der Waals surface area contributed by atoms with Crippen molar-refractivity contribution in [3.63, 3.8) is 0 Å². The van der Waals surface area contributed by atoms with Crippen LogP contribution in [0.4, 0.5) is 0 Å². The molecule has 0 amide bonds. The standard InChI is InChI=1S/C16H17O.2ClH.Zr/c1-17-16-8-6-12(7-9-16)15-10-13-4-2-3-5-14(13)11-15;;;/h2-4,6-10,14-15H,5,11H2,1H3;2*1H;/q-1;;;+3/p-2. The molecule has 1 aromatic rings. The number of halogens is 2. The molecule has 0 heterocycles. The van der Waals surface area contributed by atoms with E-state index in [9.17, 15) is 0 Å². The van der Waals surface area contributed by atoms with Gasteiger partial charge in [0.25, 0.3) is 0 Å². The second-order valence-corrected chi connectivity index (χ2v) is 4.81. The number of hydrogen-bond acceptors (Lipinski definition) is 1. The van der Waals surface area contributed by atoms with Crippen LogP contribution in [0.1, 0.15) is 24.3 Å². The van der Waals surface area contributed by atoms with E-state index in [1.807, 2.05) is 0 Å². The molecule has 0 aromatic heterocycles. The van der Waals surface area contributed by atoms with Gasteiger partial charge in [0.05, 0.1) is 7.11 Å². The molecule has 2 atom stereocenters. The summed E-state index contributed by atoms with van der Waals surface area (Å²) in [7, 11) is 1.71. The smallest absolute Gasteiger partial charge is 1.00 e. The van der Waals surface area contributed by atoms with Gasteiger partial charge in [0.15, 0.2) is 0 Å². The summed E-state index contributed by atoms with van der Waals surface area (Å²) >= 11 is 0. The first kappa shape index (κ1) is 19.8. The average molecular weight is 387 g/mol. The summed E-state index contributed by atoms with van der Waals surface area (Å²) in [5.74, 6) is 2.26. The van der Waals surface area contributed by atoms with Crippen molar-refractivity contribution in [3.05, 3.63) is 60.1 Å². The van der Waals surface area contributed by atoms with Gasteiger partial charge in [-0.2, -0.15) is 0 Å². The Bertz CT molecular complexity index is 468. The van der Waals surface area contributed by atoms with Gasteiger partial charge in [0.2, 0.25) is 0 Å². The van der Waals surface area contributed by atoms with Gasteiger partial charge in [-0.3, -0.25) is 0 Å². The number of ether oxygens (including phenoxy) is 1. The van der Waals surface area contributed by atoms with Crippen LogP contribution in [0, 0.1) is 12.3 Å². The van der Waals surface area contributed by atoms with E-state index in [1.54, 1.807) is 7.11 Å². The first-order chi connectivity index (χ1) is 8.36. The molecule has 0 bridgehead atoms. The van der Waals surface area contributed by atoms with Gasteiger partial charge in [-0.05, 0) is 24.5 Å². The Morgan fingerprint density at radius 1 is 1.15 bits per heavy atom. The van der Waals surface area contributed by atoms with Crippen LogP contribution in [0.5, 0.6) is 5.75 Å². The van der Waals surface area contributed by atoms with Gasteiger partial charge in [-0.1, -0.05) is 30.0 Å². The van der Waals surface area contributed by atoms with Gasteiger partial charge in [0.1, 0.15) is 5.75 Å². The molecule has 1 fully saturated rings. The number of fused-ring (bicyclic) bond motifs is 1. The number of allylic oxidation sites excluding steroid dienone is 4. The average Bonchev–Trinajstić information content (AvgIpc) is 2.82. The quantitative estimate of drug-likeness (QED) is 0.528. The maximum Gasteiger partial charge on any atom is 3.00 e. The second kappa shape index (κ2) is 8.97. The van der Waals surface area contributed by atoms with Crippen LogP contribution >= 0.6 is 0 Å². The summed E-state index contributed by atoms with van der Waals surface area (Å²) < 4.78 is 5.19. The van der Waals surface area contributed by atoms with Crippen LogP contribution in [0.2, 0.25) is 0 Å². The van der Waals surface area contributed by atoms with E-state index in [4.69, 9.17) is 4.74 Å². The fourth-order valence-electron chi connectivity index (χ4n) is 2.81. The van der Waals surface area contributed by atoms with Crippen LogP contribution in [0.15, 0.2) is 48.1 Å². The molecule has 2 aliphatic carbocycles. The molecule has 105 valence electrons. The molecular weight excluding hydrogens is 370 g/mol. The molecule has 0 saturated heterocycles. The SMILES string of the molecule is COc1ccc(C2[CH-]C3=CC=CCC3C2)cc1.[Cl-].[Cl-].[Zr+3]. The van der Waals surface area contributed by atoms with E-state index in [-0.39, 0.29) is 51.0 Å². The van der Waals surface area contributed by atoms with Crippen LogP contribution in [-0.4, -0.2) is 7.11 Å². The van der Waals surface area contributed by atoms with Gasteiger partial charge in [-0.15, -0.1) is 12.2 Å². The maximum atomic E-state index is 5.19. The molecule has 1 saturated carbocycles. The summed E-state index contributed by atoms with van der Waals surface area (Å²) in [6, 6.07) is 8.48. The van der Waals surface area contributed by atoms with Crippen molar-refractivity contribution in [1.29, 1.82) is 0 Å². The van der Waals surface area contributed by atoms with Crippen molar-refractivity contribution >= 4 is 0 Å². The Labute approximate surface area is 152 Å². The third kappa shape index (κ3) is 4.16. The fraction of sp³-hybridized carbons (Fsp3) is 0.312. The summed E-state index contributed by atoms with van der Waals surface area (Å²) in [6.07, 6.45) is 11.6. The molecule has 3 rings (SSSR count). The zero-order chi connectivity index (χ0) is 11.7. The molecule has 2 unspecified atom stereocenters. The van der Waals surface area contributed by atoms with Crippen molar-refractivity contribution in [3.8, 4) is 5.75 Å². The van der Waals surface area contributed by atoms with Crippen LogP contribution in [0.25, 0.3) is 0 Å². The fourth-order valence-corrected chi connectivity index (χ4v) is 2.81. The second-order valence-electron chi connectivity index (χ2n) is 4.81. The molecule has 0 spiro atoms. The molecule has 1 nitrogen and oxygen atoms in total. The topological polar surface area (TPSA) is 9.23 Å². The Hall–Kier alpha value is -0.167. The Kier molecular flexibility index (Phi) is 8.90. The minimum absolute atomic E-state index is 0. The van der Waals surface area contributed by atoms with Crippen LogP contribution in [-0.2, 0) is 26.2 Å². The van der Waals surface area contributed by atoms with E-state index in [0.717, 1.165) is 11.7 Å². The molecule has 0 N–H and O–H groups in total. The third-order valence-corrected chi connectivity index (χ3v) is 3.79. The summed E-state index contributed by atoms with van der Waals surface area (Å²) in [4.78, 5) is 0. The van der Waals surface area contributed by atoms with Crippen molar-refractivity contribution in [1.82, 2.24) is 0 Å². The maximum absolute atomic E-state index is 5.19. The van der Waals surface area contributed by atoms with Gasteiger partial charge in [0, 0.05) is 0 Å². The number of hydrogen-bond donors (Lipinski definition) is 0. The normalized spacial score (nSPS) is 22.1. The van der Waals surface area contributed by atoms with Crippen molar-refractivity contribution in [2.75, 3.05) is 7.11 Å². The molecular formula is C16H17Cl2OZr. The molecule has 1 aromatic carbocycles. The largest absolute Gasteiger partial charge is 3.00 e. The molecule has 4 heteroatoms. The Balaban J connectivity index is 0.00000120. The van der Waals surface area contributed by atoms with E-state index >= 15 is 0 Å². The van der Waals surface area contributed by atoms with Gasteiger partial charge < -0.3 is 29.6 Å². The van der Waals surface area contributed by atoms with E-state index in [1.165, 1.54) is 24.0 Å². The predicted octanol–water partition coefficient (Wildman–Crippen LogP) is -2.11. The predicted molar refractivity (Wildman–Crippen MR) is 70.0 cm³/mol. The van der Waals surface area contributed by atoms with Crippen LogP contribution < -0.4 is 29.6 Å². The summed E-state index contributed by atoms with van der Waals surface area (Å²) in [6.45, 7) is 0. The number of rotatable bonds is 2. The zero-order valence-corrected chi connectivity index (χ0v) is 15.3. The van der Waals surface area contributed by atoms with E-state index in [2.05, 4.69) is 48.9 Å². The van der Waals surface area contributed by atoms with Crippen molar-refractivity contribution in [2.24, 2.45) is 5.92 Å². The molecule has 1 radical (unpaired) electrons. The van der Waals surface area contributed by atoms with Crippen molar-refractivity contribution in [2.45, 2.75) is 18.8 Å². The monoisotopic (exact) mass is 385 g/mol. The third-order valence-electron chi connectivity index (χ3n) is 3.79. The molecule has 0 aliphatic heterocycles. The number of methoxy groups -OCH3 is 1. The molecule has 20 heavy (non-hydrogen) atoms. The molecule has 2 aliphatic rings. The Morgan fingerprint density at radius 3 is 2.45 bits per heavy atom. The Morgan fingerprint density at radius 2 is 1.85 bits per heavy atom. The zero-order valence-electron chi connectivity index (χ0n) is 11.4.